The van der Waals surface area contributed by atoms with E-state index in [2.05, 4.69) is 61.5 Å². The number of para-hydroxylation sites is 1. The number of aliphatic hydroxyl groups excluding tert-OH is 1. The third-order valence-electron chi connectivity index (χ3n) is 12.4. The fourth-order valence-corrected chi connectivity index (χ4v) is 7.46. The molecule has 0 fully saturated rings. The minimum absolute atomic E-state index is 0.00296. The summed E-state index contributed by atoms with van der Waals surface area (Å²) in [6.45, 7) is 32.8. The summed E-state index contributed by atoms with van der Waals surface area (Å²) in [5.41, 5.74) is 13.5. The summed E-state index contributed by atoms with van der Waals surface area (Å²) in [7, 11) is 0. The van der Waals surface area contributed by atoms with Gasteiger partial charge in [-0.1, -0.05) is 148 Å². The van der Waals surface area contributed by atoms with Gasteiger partial charge in [0.2, 0.25) is 0 Å². The number of benzene rings is 6. The third-order valence-corrected chi connectivity index (χ3v) is 12.4. The molecule has 0 aromatic heterocycles. The van der Waals surface area contributed by atoms with Crippen molar-refractivity contribution >= 4 is 0 Å². The van der Waals surface area contributed by atoms with E-state index >= 15 is 0 Å². The van der Waals surface area contributed by atoms with Gasteiger partial charge in [-0.05, 0) is 182 Å². The van der Waals surface area contributed by atoms with Crippen LogP contribution in [0.1, 0.15) is 166 Å². The van der Waals surface area contributed by atoms with Crippen LogP contribution in [0.4, 0.5) is 0 Å². The first-order valence-corrected chi connectivity index (χ1v) is 24.3. The second kappa shape index (κ2) is 29.8. The lowest BCUT2D eigenvalue weighted by Gasteiger charge is -2.23. The summed E-state index contributed by atoms with van der Waals surface area (Å²) in [6.07, 6.45) is 4.84. The second-order valence-corrected chi connectivity index (χ2v) is 18.7. The van der Waals surface area contributed by atoms with Crippen LogP contribution in [0.3, 0.4) is 0 Å². The first kappa shape index (κ1) is 60.1. The number of phenols is 6. The Hall–Kier alpha value is -5.92. The molecule has 2 unspecified atom stereocenters. The van der Waals surface area contributed by atoms with Crippen molar-refractivity contribution in [3.8, 4) is 34.5 Å². The molecule has 7 nitrogen and oxygen atoms in total. The van der Waals surface area contributed by atoms with Crippen LogP contribution in [-0.2, 0) is 31.3 Å². The van der Waals surface area contributed by atoms with E-state index in [1.165, 1.54) is 16.7 Å². The second-order valence-electron chi connectivity index (χ2n) is 18.7. The van der Waals surface area contributed by atoms with Crippen molar-refractivity contribution in [3.05, 3.63) is 175 Å². The lowest BCUT2D eigenvalue weighted by atomic mass is 9.82. The molecule has 6 rings (SSSR count). The van der Waals surface area contributed by atoms with Crippen molar-refractivity contribution < 1.29 is 35.7 Å². The van der Waals surface area contributed by atoms with E-state index in [4.69, 9.17) is 15.3 Å². The Kier molecular flexibility index (Phi) is 26.3. The molecule has 6 aromatic carbocycles. The number of aromatic hydroxyl groups is 6. The molecule has 0 bridgehead atoms. The Morgan fingerprint density at radius 3 is 1.13 bits per heavy atom. The van der Waals surface area contributed by atoms with Crippen molar-refractivity contribution in [1.82, 2.24) is 0 Å². The first-order valence-electron chi connectivity index (χ1n) is 24.3. The minimum Gasteiger partial charge on any atom is -0.508 e. The maximum Gasteiger partial charge on any atom is 0.122 e. The molecule has 0 radical (unpaired) electrons. The molecule has 0 spiro atoms. The summed E-state index contributed by atoms with van der Waals surface area (Å²) in [4.78, 5) is 0. The lowest BCUT2D eigenvalue weighted by molar-refractivity contribution is 0.279. The molecular weight excluding hydrogens is 845 g/mol. The van der Waals surface area contributed by atoms with Gasteiger partial charge in [0.25, 0.3) is 0 Å². The molecule has 0 saturated carbocycles. The normalized spacial score (nSPS) is 11.3. The minimum atomic E-state index is -0.00296. The zero-order valence-electron chi connectivity index (χ0n) is 44.3. The van der Waals surface area contributed by atoms with Gasteiger partial charge >= 0.3 is 0 Å². The highest BCUT2D eigenvalue weighted by molar-refractivity contribution is 5.48. The molecule has 0 aliphatic heterocycles. The van der Waals surface area contributed by atoms with Gasteiger partial charge in [-0.3, -0.25) is 0 Å². The molecule has 0 saturated heterocycles. The van der Waals surface area contributed by atoms with Gasteiger partial charge in [-0.2, -0.15) is 0 Å². The monoisotopic (exact) mass is 931 g/mol. The van der Waals surface area contributed by atoms with Crippen molar-refractivity contribution in [2.75, 3.05) is 0 Å². The first-order chi connectivity index (χ1) is 31.9. The standard InChI is InChI=1S/C12H18O.C10H14O2.3C10H14O.C9H12O/c1-8-6-7-9(2)11(13)10(8)12(3,4)5;1-3-9-8(6-11)5-4-7(2)10(9)12;1-4-9-7(2)5-6-8(3)10(9)11;2*1-3-8(2)9-4-6-10(11)7-5-9;1-3-8-6-4-5-7(2)9(8)10/h6-7,13H,1-5H3;4-5,11-12H,3,6H2,1-2H3;5-6,11H,4H2,1-3H3;2*4-8,11H,3H2,1-2H3;4-6,10H,3H2,1-2H3. The Balaban J connectivity index is 0.000000409. The summed E-state index contributed by atoms with van der Waals surface area (Å²) in [5, 5.41) is 65.5. The van der Waals surface area contributed by atoms with Crippen LogP contribution >= 0.6 is 0 Å². The van der Waals surface area contributed by atoms with E-state index in [-0.39, 0.29) is 12.0 Å². The van der Waals surface area contributed by atoms with E-state index < -0.39 is 0 Å². The molecule has 0 aliphatic carbocycles. The molecule has 2 atom stereocenters. The van der Waals surface area contributed by atoms with Gasteiger partial charge in [0.15, 0.2) is 0 Å². The Morgan fingerprint density at radius 2 is 0.779 bits per heavy atom. The number of aliphatic hydroxyl groups is 1. The summed E-state index contributed by atoms with van der Waals surface area (Å²) < 4.78 is 0. The average molecular weight is 931 g/mol. The van der Waals surface area contributed by atoms with Gasteiger partial charge in [0.05, 0.1) is 6.61 Å². The maximum absolute atomic E-state index is 9.91. The molecular formula is C61H86O7. The largest absolute Gasteiger partial charge is 0.508 e. The molecule has 372 valence electrons. The van der Waals surface area contributed by atoms with Crippen LogP contribution in [0.15, 0.2) is 103 Å². The molecule has 0 heterocycles. The van der Waals surface area contributed by atoms with Crippen LogP contribution in [0.25, 0.3) is 0 Å². The fraction of sp³-hybridized carbons (Fsp3) is 0.410. The van der Waals surface area contributed by atoms with Crippen LogP contribution < -0.4 is 0 Å². The number of phenolic OH excluding ortho intramolecular Hbond substituents is 6. The highest BCUT2D eigenvalue weighted by atomic mass is 16.3. The number of rotatable bonds is 8. The number of hydrogen-bond donors (Lipinski definition) is 7. The SMILES string of the molecule is CCC(C)c1ccc(O)cc1.CCC(C)c1ccc(O)cc1.CCc1c(C)ccc(C)c1O.CCc1c(CO)ccc(C)c1O.CCc1cccc(C)c1O.Cc1ccc(C)c(C(C)(C)C)c1O. The smallest absolute Gasteiger partial charge is 0.122 e. The Labute approximate surface area is 410 Å². The summed E-state index contributed by atoms with van der Waals surface area (Å²) in [5.74, 6) is 3.56. The third kappa shape index (κ3) is 19.0. The summed E-state index contributed by atoms with van der Waals surface area (Å²) in [6, 6.07) is 32.4. The van der Waals surface area contributed by atoms with Gasteiger partial charge in [0.1, 0.15) is 34.5 Å². The van der Waals surface area contributed by atoms with E-state index in [0.29, 0.717) is 46.3 Å². The molecule has 7 heteroatoms. The van der Waals surface area contributed by atoms with Gasteiger partial charge < -0.3 is 35.7 Å². The maximum atomic E-state index is 9.91. The van der Waals surface area contributed by atoms with E-state index in [0.717, 1.165) is 87.7 Å². The lowest BCUT2D eigenvalue weighted by Crippen LogP contribution is -2.13. The van der Waals surface area contributed by atoms with E-state index in [1.807, 2.05) is 128 Å². The van der Waals surface area contributed by atoms with Gasteiger partial charge in [-0.15, -0.1) is 0 Å². The zero-order chi connectivity index (χ0) is 51.9. The van der Waals surface area contributed by atoms with Crippen LogP contribution in [-0.4, -0.2) is 35.7 Å². The molecule has 7 N–H and O–H groups in total. The Morgan fingerprint density at radius 1 is 0.397 bits per heavy atom. The number of aryl methyl sites for hydroxylation is 7. The highest BCUT2D eigenvalue weighted by Crippen LogP contribution is 2.35. The molecule has 68 heavy (non-hydrogen) atoms. The molecule has 0 amide bonds. The fourth-order valence-electron chi connectivity index (χ4n) is 7.46. The molecule has 6 aromatic rings. The van der Waals surface area contributed by atoms with Crippen LogP contribution in [0.2, 0.25) is 0 Å². The quantitative estimate of drug-likeness (QED) is 0.0806. The van der Waals surface area contributed by atoms with Crippen molar-refractivity contribution in [2.24, 2.45) is 0 Å². The zero-order valence-corrected chi connectivity index (χ0v) is 44.3. The van der Waals surface area contributed by atoms with Crippen molar-refractivity contribution in [3.63, 3.8) is 0 Å². The van der Waals surface area contributed by atoms with Gasteiger partial charge in [0, 0.05) is 5.56 Å². The molecule has 0 aliphatic rings. The summed E-state index contributed by atoms with van der Waals surface area (Å²) >= 11 is 0. The van der Waals surface area contributed by atoms with Gasteiger partial charge in [-0.25, -0.2) is 0 Å². The predicted octanol–water partition coefficient (Wildman–Crippen LogP) is 15.7. The Bertz CT molecular complexity index is 2340. The van der Waals surface area contributed by atoms with Crippen molar-refractivity contribution in [1.29, 1.82) is 0 Å². The van der Waals surface area contributed by atoms with E-state index in [9.17, 15) is 20.4 Å². The predicted molar refractivity (Wildman–Crippen MR) is 287 cm³/mol. The average Bonchev–Trinajstić information content (AvgIpc) is 3.31. The highest BCUT2D eigenvalue weighted by Gasteiger charge is 2.21. The van der Waals surface area contributed by atoms with Crippen LogP contribution in [0.5, 0.6) is 34.5 Å². The van der Waals surface area contributed by atoms with Crippen molar-refractivity contribution in [2.45, 2.75) is 167 Å². The van der Waals surface area contributed by atoms with Crippen LogP contribution in [0, 0.1) is 41.5 Å². The van der Waals surface area contributed by atoms with E-state index in [1.54, 1.807) is 24.3 Å². The number of hydrogen-bond acceptors (Lipinski definition) is 7. The topological polar surface area (TPSA) is 142 Å².